The molecule has 0 spiro atoms. The van der Waals surface area contributed by atoms with E-state index in [4.69, 9.17) is 14.2 Å². The molecule has 0 saturated carbocycles. The normalized spacial score (nSPS) is 10.1. The second-order valence-electron chi connectivity index (χ2n) is 4.69. The zero-order valence-corrected chi connectivity index (χ0v) is 14.7. The minimum absolute atomic E-state index is 0.198. The first-order valence-corrected chi connectivity index (χ1v) is 8.30. The van der Waals surface area contributed by atoms with Crippen molar-refractivity contribution in [1.82, 2.24) is 10.3 Å². The summed E-state index contributed by atoms with van der Waals surface area (Å²) >= 11 is 1.58. The lowest BCUT2D eigenvalue weighted by atomic mass is 10.1. The second kappa shape index (κ2) is 9.02. The van der Waals surface area contributed by atoms with Crippen LogP contribution in [-0.2, 0) is 0 Å². The van der Waals surface area contributed by atoms with Crippen LogP contribution in [0.15, 0.2) is 41.6 Å². The van der Waals surface area contributed by atoms with Gasteiger partial charge in [-0.05, 0) is 24.3 Å². The molecule has 1 aromatic heterocycles. The molecule has 0 saturated heterocycles. The third-order valence-electron chi connectivity index (χ3n) is 3.20. The molecule has 2 aromatic rings. The number of amides is 1. The Morgan fingerprint density at radius 1 is 1.12 bits per heavy atom. The number of nitrogens with one attached hydrogen (secondary N) is 1. The van der Waals surface area contributed by atoms with Crippen molar-refractivity contribution in [2.45, 2.75) is 5.03 Å². The zero-order valence-electron chi connectivity index (χ0n) is 13.9. The fourth-order valence-corrected chi connectivity index (χ4v) is 2.79. The van der Waals surface area contributed by atoms with Crippen LogP contribution in [0.25, 0.3) is 0 Å². The number of carbonyl (C=O) groups excluding carboxylic acids is 1. The highest BCUT2D eigenvalue weighted by molar-refractivity contribution is 7.99. The largest absolute Gasteiger partial charge is 0.493 e. The average molecular weight is 348 g/mol. The monoisotopic (exact) mass is 348 g/mol. The standard InChI is InChI=1S/C17H20N2O4S/c1-21-13-10-12(11-14(22-2)16(13)23-3)17(20)19-8-9-24-15-6-4-5-7-18-15/h4-7,10-11H,8-9H2,1-3H3,(H,19,20). The molecule has 6 nitrogen and oxygen atoms in total. The van der Waals surface area contributed by atoms with Crippen LogP contribution in [0.2, 0.25) is 0 Å². The van der Waals surface area contributed by atoms with Crippen molar-refractivity contribution < 1.29 is 19.0 Å². The highest BCUT2D eigenvalue weighted by atomic mass is 32.2. The topological polar surface area (TPSA) is 69.7 Å². The fraction of sp³-hybridized carbons (Fsp3) is 0.294. The van der Waals surface area contributed by atoms with Gasteiger partial charge in [0.05, 0.1) is 26.4 Å². The third-order valence-corrected chi connectivity index (χ3v) is 4.15. The van der Waals surface area contributed by atoms with Crippen LogP contribution in [0.3, 0.4) is 0 Å². The molecule has 0 unspecified atom stereocenters. The van der Waals surface area contributed by atoms with Gasteiger partial charge in [0.1, 0.15) is 0 Å². The van der Waals surface area contributed by atoms with Gasteiger partial charge in [0.15, 0.2) is 11.5 Å². The van der Waals surface area contributed by atoms with Gasteiger partial charge >= 0.3 is 0 Å². The lowest BCUT2D eigenvalue weighted by molar-refractivity contribution is 0.0955. The van der Waals surface area contributed by atoms with Gasteiger partial charge in [-0.15, -0.1) is 11.8 Å². The van der Waals surface area contributed by atoms with Crippen molar-refractivity contribution in [2.24, 2.45) is 0 Å². The van der Waals surface area contributed by atoms with Gasteiger partial charge in [-0.3, -0.25) is 4.79 Å². The van der Waals surface area contributed by atoms with Crippen LogP contribution >= 0.6 is 11.8 Å². The van der Waals surface area contributed by atoms with Gasteiger partial charge in [-0.1, -0.05) is 6.07 Å². The smallest absolute Gasteiger partial charge is 0.251 e. The lowest BCUT2D eigenvalue weighted by Crippen LogP contribution is -2.25. The second-order valence-corrected chi connectivity index (χ2v) is 5.80. The molecule has 24 heavy (non-hydrogen) atoms. The molecular weight excluding hydrogens is 328 g/mol. The number of ether oxygens (including phenoxy) is 3. The minimum Gasteiger partial charge on any atom is -0.493 e. The molecule has 128 valence electrons. The summed E-state index contributed by atoms with van der Waals surface area (Å²) in [6.45, 7) is 0.525. The Labute approximate surface area is 145 Å². The van der Waals surface area contributed by atoms with Gasteiger partial charge in [0.25, 0.3) is 5.91 Å². The molecular formula is C17H20N2O4S. The number of pyridine rings is 1. The Morgan fingerprint density at radius 3 is 2.38 bits per heavy atom. The maximum Gasteiger partial charge on any atom is 0.251 e. The van der Waals surface area contributed by atoms with Crippen LogP contribution in [0.1, 0.15) is 10.4 Å². The van der Waals surface area contributed by atoms with Gasteiger partial charge < -0.3 is 19.5 Å². The maximum absolute atomic E-state index is 12.3. The molecule has 0 atom stereocenters. The molecule has 0 aliphatic heterocycles. The van der Waals surface area contributed by atoms with E-state index in [0.717, 1.165) is 10.8 Å². The van der Waals surface area contributed by atoms with Crippen molar-refractivity contribution in [2.75, 3.05) is 33.6 Å². The summed E-state index contributed by atoms with van der Waals surface area (Å²) < 4.78 is 15.8. The zero-order chi connectivity index (χ0) is 17.4. The number of benzene rings is 1. The maximum atomic E-state index is 12.3. The van der Waals surface area contributed by atoms with Gasteiger partial charge in [0, 0.05) is 24.1 Å². The summed E-state index contributed by atoms with van der Waals surface area (Å²) in [5.41, 5.74) is 0.451. The van der Waals surface area contributed by atoms with E-state index in [1.54, 1.807) is 30.1 Å². The lowest BCUT2D eigenvalue weighted by Gasteiger charge is -2.14. The van der Waals surface area contributed by atoms with Crippen LogP contribution in [0.5, 0.6) is 17.2 Å². The summed E-state index contributed by atoms with van der Waals surface area (Å²) in [6.07, 6.45) is 1.75. The van der Waals surface area contributed by atoms with Crippen LogP contribution in [0, 0.1) is 0 Å². The van der Waals surface area contributed by atoms with Crippen molar-refractivity contribution in [3.63, 3.8) is 0 Å². The molecule has 0 radical (unpaired) electrons. The predicted molar refractivity (Wildman–Crippen MR) is 93.4 cm³/mol. The number of carbonyl (C=O) groups is 1. The molecule has 1 amide bonds. The van der Waals surface area contributed by atoms with Crippen LogP contribution in [-0.4, -0.2) is 44.5 Å². The fourth-order valence-electron chi connectivity index (χ4n) is 2.07. The molecule has 1 aromatic carbocycles. The van der Waals surface area contributed by atoms with Crippen molar-refractivity contribution in [3.8, 4) is 17.2 Å². The van der Waals surface area contributed by atoms with E-state index in [2.05, 4.69) is 10.3 Å². The van der Waals surface area contributed by atoms with E-state index >= 15 is 0 Å². The summed E-state index contributed by atoms with van der Waals surface area (Å²) in [5, 5.41) is 3.80. The number of methoxy groups -OCH3 is 3. The number of thioether (sulfide) groups is 1. The minimum atomic E-state index is -0.198. The Kier molecular flexibility index (Phi) is 6.74. The Morgan fingerprint density at radius 2 is 1.83 bits per heavy atom. The van der Waals surface area contributed by atoms with E-state index < -0.39 is 0 Å². The molecule has 1 N–H and O–H groups in total. The molecule has 1 heterocycles. The highest BCUT2D eigenvalue weighted by Crippen LogP contribution is 2.38. The summed E-state index contributed by atoms with van der Waals surface area (Å²) in [4.78, 5) is 16.5. The Bertz CT molecular complexity index is 655. The first-order chi connectivity index (χ1) is 11.7. The quantitative estimate of drug-likeness (QED) is 0.584. The summed E-state index contributed by atoms with van der Waals surface area (Å²) in [5.74, 6) is 1.89. The number of hydrogen-bond acceptors (Lipinski definition) is 6. The van der Waals surface area contributed by atoms with Gasteiger partial charge in [-0.2, -0.15) is 0 Å². The SMILES string of the molecule is COc1cc(C(=O)NCCSc2ccccn2)cc(OC)c1OC. The van der Waals surface area contributed by atoms with E-state index in [0.29, 0.717) is 29.4 Å². The number of rotatable bonds is 8. The van der Waals surface area contributed by atoms with Crippen molar-refractivity contribution in [3.05, 3.63) is 42.1 Å². The van der Waals surface area contributed by atoms with E-state index in [1.165, 1.54) is 21.3 Å². The molecule has 0 fully saturated rings. The third kappa shape index (κ3) is 4.55. The Hall–Kier alpha value is -2.41. The summed E-state index contributed by atoms with van der Waals surface area (Å²) in [6, 6.07) is 9.00. The highest BCUT2D eigenvalue weighted by Gasteiger charge is 2.16. The molecule has 2 rings (SSSR count). The molecule has 0 aliphatic carbocycles. The average Bonchev–Trinajstić information content (AvgIpc) is 2.64. The van der Waals surface area contributed by atoms with Gasteiger partial charge in [0.2, 0.25) is 5.75 Å². The number of aromatic nitrogens is 1. The number of nitrogens with zero attached hydrogens (tertiary/aromatic N) is 1. The van der Waals surface area contributed by atoms with Crippen molar-refractivity contribution in [1.29, 1.82) is 0 Å². The van der Waals surface area contributed by atoms with E-state index in [1.807, 2.05) is 18.2 Å². The Balaban J connectivity index is 1.96. The van der Waals surface area contributed by atoms with Gasteiger partial charge in [-0.25, -0.2) is 4.98 Å². The predicted octanol–water partition coefficient (Wildman–Crippen LogP) is 2.63. The van der Waals surface area contributed by atoms with Crippen LogP contribution in [0.4, 0.5) is 0 Å². The van der Waals surface area contributed by atoms with E-state index in [-0.39, 0.29) is 5.91 Å². The molecule has 0 aliphatic rings. The number of hydrogen-bond donors (Lipinski definition) is 1. The molecule has 0 bridgehead atoms. The van der Waals surface area contributed by atoms with Crippen LogP contribution < -0.4 is 19.5 Å². The van der Waals surface area contributed by atoms with E-state index in [9.17, 15) is 4.79 Å². The van der Waals surface area contributed by atoms with Crippen molar-refractivity contribution >= 4 is 17.7 Å². The first kappa shape index (κ1) is 17.9. The summed E-state index contributed by atoms with van der Waals surface area (Å²) in [7, 11) is 4.56. The first-order valence-electron chi connectivity index (χ1n) is 7.31. The molecule has 7 heteroatoms.